The molecule has 3 atom stereocenters. The van der Waals surface area contributed by atoms with Crippen LogP contribution in [0.1, 0.15) is 17.0 Å². The summed E-state index contributed by atoms with van der Waals surface area (Å²) in [7, 11) is -2.59. The van der Waals surface area contributed by atoms with Crippen molar-refractivity contribution in [1.29, 1.82) is 0 Å². The Bertz CT molecular complexity index is 921. The van der Waals surface area contributed by atoms with Crippen LogP contribution >= 0.6 is 0 Å². The van der Waals surface area contributed by atoms with E-state index >= 15 is 0 Å². The summed E-state index contributed by atoms with van der Waals surface area (Å²) in [4.78, 5) is 12.1. The molecule has 0 amide bonds. The number of aryl methyl sites for hydroxylation is 1. The Labute approximate surface area is 151 Å². The van der Waals surface area contributed by atoms with Crippen LogP contribution in [0.3, 0.4) is 0 Å². The summed E-state index contributed by atoms with van der Waals surface area (Å²) in [5, 5.41) is 8.65. The van der Waals surface area contributed by atoms with Crippen LogP contribution in [-0.2, 0) is 19.4 Å². The zero-order valence-corrected chi connectivity index (χ0v) is 15.2. The molecule has 0 radical (unpaired) electrons. The second-order valence-electron chi connectivity index (χ2n) is 6.59. The summed E-state index contributed by atoms with van der Waals surface area (Å²) < 4.78 is 44.6. The van der Waals surface area contributed by atoms with Gasteiger partial charge < -0.3 is 9.84 Å². The average Bonchev–Trinajstić information content (AvgIpc) is 3.27. The van der Waals surface area contributed by atoms with Crippen molar-refractivity contribution in [2.75, 3.05) is 13.7 Å². The minimum Gasteiger partial charge on any atom is -0.481 e. The van der Waals surface area contributed by atoms with Crippen LogP contribution in [-0.4, -0.2) is 38.5 Å². The number of rotatable bonds is 6. The van der Waals surface area contributed by atoms with E-state index in [-0.39, 0.29) is 11.5 Å². The molecule has 2 aromatic carbocycles. The van der Waals surface area contributed by atoms with Gasteiger partial charge in [-0.25, -0.2) is 12.8 Å². The smallest absolute Gasteiger partial charge is 0.314 e. The molecule has 1 saturated carbocycles. The number of aliphatic carboxylic acids is 1. The molecule has 1 aliphatic rings. The molecule has 0 saturated heterocycles. The van der Waals surface area contributed by atoms with Gasteiger partial charge in [0.05, 0.1) is 16.8 Å². The van der Waals surface area contributed by atoms with E-state index in [1.807, 2.05) is 6.92 Å². The van der Waals surface area contributed by atoms with Gasteiger partial charge in [0.25, 0.3) is 0 Å². The number of carbonyl (C=O) groups is 1. The van der Waals surface area contributed by atoms with E-state index in [0.29, 0.717) is 5.56 Å². The van der Waals surface area contributed by atoms with Crippen molar-refractivity contribution in [1.82, 2.24) is 0 Å². The van der Waals surface area contributed by atoms with Crippen molar-refractivity contribution in [3.8, 4) is 0 Å². The third-order valence-corrected chi connectivity index (χ3v) is 7.24. The Hall–Kier alpha value is -2.25. The maximum absolute atomic E-state index is 13.2. The first-order valence-corrected chi connectivity index (χ1v) is 9.58. The van der Waals surface area contributed by atoms with Crippen LogP contribution in [0.15, 0.2) is 53.4 Å². The van der Waals surface area contributed by atoms with E-state index in [4.69, 9.17) is 4.74 Å². The van der Waals surface area contributed by atoms with Gasteiger partial charge in [0.2, 0.25) is 0 Å². The quantitative estimate of drug-likeness (QED) is 0.836. The fraction of sp³-hybridized carbons (Fsp3) is 0.316. The van der Waals surface area contributed by atoms with E-state index in [1.54, 1.807) is 12.1 Å². The number of hydrogen-bond acceptors (Lipinski definition) is 4. The number of benzene rings is 2. The number of halogens is 1. The molecule has 1 N–H and O–H groups in total. The second-order valence-corrected chi connectivity index (χ2v) is 8.66. The first-order valence-electron chi connectivity index (χ1n) is 8.03. The molecule has 0 aromatic heterocycles. The maximum atomic E-state index is 13.2. The number of ether oxygens (including phenoxy) is 1. The Kier molecular flexibility index (Phi) is 4.62. The van der Waals surface area contributed by atoms with Crippen LogP contribution in [0.2, 0.25) is 0 Å². The molecule has 5 nitrogen and oxygen atoms in total. The molecule has 3 rings (SSSR count). The Morgan fingerprint density at radius 3 is 2.23 bits per heavy atom. The van der Waals surface area contributed by atoms with Gasteiger partial charge >= 0.3 is 5.97 Å². The van der Waals surface area contributed by atoms with E-state index < -0.39 is 38.2 Å². The van der Waals surface area contributed by atoms with Crippen LogP contribution in [0.5, 0.6) is 0 Å². The van der Waals surface area contributed by atoms with Crippen LogP contribution in [0.25, 0.3) is 0 Å². The molecule has 0 unspecified atom stereocenters. The van der Waals surface area contributed by atoms with Crippen LogP contribution in [0, 0.1) is 18.2 Å². The molecule has 7 heteroatoms. The molecule has 0 heterocycles. The van der Waals surface area contributed by atoms with Crippen molar-refractivity contribution in [3.63, 3.8) is 0 Å². The van der Waals surface area contributed by atoms with E-state index in [1.165, 1.54) is 43.5 Å². The van der Waals surface area contributed by atoms with Gasteiger partial charge in [-0.1, -0.05) is 29.8 Å². The zero-order valence-electron chi connectivity index (χ0n) is 14.3. The average molecular weight is 378 g/mol. The largest absolute Gasteiger partial charge is 0.481 e. The van der Waals surface area contributed by atoms with Gasteiger partial charge in [0.1, 0.15) is 11.2 Å². The first-order chi connectivity index (χ1) is 12.2. The van der Waals surface area contributed by atoms with Gasteiger partial charge in [-0.2, -0.15) is 0 Å². The fourth-order valence-electron chi connectivity index (χ4n) is 3.60. The molecule has 0 spiro atoms. The Morgan fingerprint density at radius 2 is 1.73 bits per heavy atom. The van der Waals surface area contributed by atoms with Gasteiger partial charge in [0.15, 0.2) is 9.84 Å². The molecular weight excluding hydrogens is 359 g/mol. The zero-order chi connectivity index (χ0) is 19.1. The highest BCUT2D eigenvalue weighted by molar-refractivity contribution is 7.92. The number of hydrogen-bond donors (Lipinski definition) is 1. The topological polar surface area (TPSA) is 80.7 Å². The molecule has 0 aliphatic heterocycles. The van der Waals surface area contributed by atoms with Crippen LogP contribution in [0.4, 0.5) is 4.39 Å². The molecule has 0 bridgehead atoms. The number of sulfone groups is 1. The van der Waals surface area contributed by atoms with Crippen molar-refractivity contribution in [2.45, 2.75) is 23.0 Å². The van der Waals surface area contributed by atoms with Gasteiger partial charge in [-0.15, -0.1) is 0 Å². The van der Waals surface area contributed by atoms with Crippen molar-refractivity contribution >= 4 is 15.8 Å². The fourth-order valence-corrected chi connectivity index (χ4v) is 5.96. The normalized spacial score (nSPS) is 25.0. The van der Waals surface area contributed by atoms with Gasteiger partial charge in [-0.05, 0) is 36.8 Å². The first kappa shape index (κ1) is 18.5. The highest BCUT2D eigenvalue weighted by Gasteiger charge is 2.76. The summed E-state index contributed by atoms with van der Waals surface area (Å²) in [6.45, 7) is 1.58. The highest BCUT2D eigenvalue weighted by Crippen LogP contribution is 2.64. The second kappa shape index (κ2) is 6.48. The Morgan fingerprint density at radius 1 is 1.15 bits per heavy atom. The third kappa shape index (κ3) is 2.81. The maximum Gasteiger partial charge on any atom is 0.314 e. The number of methoxy groups -OCH3 is 1. The van der Waals surface area contributed by atoms with Crippen molar-refractivity contribution in [2.24, 2.45) is 5.41 Å². The third-order valence-electron chi connectivity index (χ3n) is 4.95. The highest BCUT2D eigenvalue weighted by atomic mass is 32.2. The number of carboxylic acids is 1. The number of carboxylic acid groups (broad SMARTS) is 1. The standard InChI is InChI=1S/C19H19FO5S/c1-12-3-9-15(10-4-12)26(23,24)17-16(13-5-7-14(20)8-6-13)19(17,11-25-2)18(21)22/h3-10,16-17H,11H2,1-2H3,(H,21,22)/t16-,17+,19+/m1/s1. The van der Waals surface area contributed by atoms with Crippen molar-refractivity contribution in [3.05, 3.63) is 65.5 Å². The molecule has 2 aromatic rings. The predicted octanol–water partition coefficient (Wildman–Crippen LogP) is 2.79. The van der Waals surface area contributed by atoms with E-state index in [2.05, 4.69) is 0 Å². The lowest BCUT2D eigenvalue weighted by Crippen LogP contribution is -2.28. The SMILES string of the molecule is COC[C@]1(C(=O)O)[C@H](c2ccc(F)cc2)[C@@H]1S(=O)(=O)c1ccc(C)cc1. The van der Waals surface area contributed by atoms with E-state index in [9.17, 15) is 22.7 Å². The molecule has 138 valence electrons. The summed E-state index contributed by atoms with van der Waals surface area (Å²) in [5.41, 5.74) is -0.237. The molecule has 1 aliphatic carbocycles. The molecular formula is C19H19FO5S. The van der Waals surface area contributed by atoms with Gasteiger partial charge in [-0.3, -0.25) is 4.79 Å². The lowest BCUT2D eigenvalue weighted by molar-refractivity contribution is -0.145. The summed E-state index contributed by atoms with van der Waals surface area (Å²) in [6.07, 6.45) is 0. The lowest BCUT2D eigenvalue weighted by Gasteiger charge is -2.12. The monoisotopic (exact) mass is 378 g/mol. The lowest BCUT2D eigenvalue weighted by atomic mass is 10.00. The summed E-state index contributed by atoms with van der Waals surface area (Å²) in [5.74, 6) is -2.53. The minimum atomic E-state index is -3.92. The Balaban J connectivity index is 2.11. The summed E-state index contributed by atoms with van der Waals surface area (Å²) >= 11 is 0. The van der Waals surface area contributed by atoms with Crippen LogP contribution < -0.4 is 0 Å². The van der Waals surface area contributed by atoms with Gasteiger partial charge in [0, 0.05) is 13.0 Å². The predicted molar refractivity (Wildman–Crippen MR) is 93.2 cm³/mol. The molecule has 26 heavy (non-hydrogen) atoms. The van der Waals surface area contributed by atoms with Crippen molar-refractivity contribution < 1.29 is 27.4 Å². The summed E-state index contributed by atoms with van der Waals surface area (Å²) in [6, 6.07) is 11.5. The molecule has 1 fully saturated rings. The van der Waals surface area contributed by atoms with E-state index in [0.717, 1.165) is 5.56 Å². The minimum absolute atomic E-state index is 0.0689.